The third-order valence-electron chi connectivity index (χ3n) is 2.89. The van der Waals surface area contributed by atoms with Crippen LogP contribution in [-0.2, 0) is 14.3 Å². The van der Waals surface area contributed by atoms with Crippen LogP contribution in [0.4, 0.5) is 0 Å². The molecule has 1 fully saturated rings. The van der Waals surface area contributed by atoms with Crippen LogP contribution < -0.4 is 16.0 Å². The van der Waals surface area contributed by atoms with E-state index in [0.29, 0.717) is 26.1 Å². The summed E-state index contributed by atoms with van der Waals surface area (Å²) in [6.45, 7) is 6.18. The molecule has 104 valence electrons. The molecule has 0 saturated carbocycles. The van der Waals surface area contributed by atoms with Crippen LogP contribution in [0.15, 0.2) is 0 Å². The van der Waals surface area contributed by atoms with E-state index in [1.165, 1.54) is 0 Å². The van der Waals surface area contributed by atoms with Gasteiger partial charge in [0.05, 0.1) is 6.61 Å². The number of ether oxygens (including phenoxy) is 1. The minimum atomic E-state index is -0.434. The summed E-state index contributed by atoms with van der Waals surface area (Å²) < 4.78 is 5.30. The molecule has 0 aliphatic carbocycles. The fraction of sp³-hybridized carbons (Fsp3) is 0.833. The van der Waals surface area contributed by atoms with E-state index in [2.05, 4.69) is 16.0 Å². The Kier molecular flexibility index (Phi) is 6.67. The molecule has 1 heterocycles. The van der Waals surface area contributed by atoms with E-state index in [1.54, 1.807) is 0 Å². The molecule has 6 heteroatoms. The molecule has 0 aromatic heterocycles. The van der Waals surface area contributed by atoms with Gasteiger partial charge in [0.2, 0.25) is 11.8 Å². The zero-order valence-electron chi connectivity index (χ0n) is 11.1. The first-order valence-corrected chi connectivity index (χ1v) is 6.53. The fourth-order valence-corrected chi connectivity index (χ4v) is 1.60. The van der Waals surface area contributed by atoms with E-state index in [-0.39, 0.29) is 17.9 Å². The van der Waals surface area contributed by atoms with Crippen molar-refractivity contribution < 1.29 is 14.3 Å². The second-order valence-electron chi connectivity index (χ2n) is 4.48. The van der Waals surface area contributed by atoms with Crippen molar-refractivity contribution in [2.75, 3.05) is 26.2 Å². The van der Waals surface area contributed by atoms with Gasteiger partial charge in [0, 0.05) is 32.1 Å². The van der Waals surface area contributed by atoms with Crippen molar-refractivity contribution in [3.8, 4) is 0 Å². The largest absolute Gasteiger partial charge is 0.366 e. The second kappa shape index (κ2) is 8.05. The van der Waals surface area contributed by atoms with Crippen LogP contribution in [0.3, 0.4) is 0 Å². The number of rotatable bonds is 6. The Balaban J connectivity index is 2.12. The highest BCUT2D eigenvalue weighted by Gasteiger charge is 2.21. The van der Waals surface area contributed by atoms with Crippen molar-refractivity contribution >= 4 is 11.8 Å². The molecule has 0 aromatic rings. The van der Waals surface area contributed by atoms with Crippen molar-refractivity contribution in [2.24, 2.45) is 0 Å². The van der Waals surface area contributed by atoms with Gasteiger partial charge in [0.1, 0.15) is 6.10 Å². The second-order valence-corrected chi connectivity index (χ2v) is 4.48. The third kappa shape index (κ3) is 5.46. The first-order chi connectivity index (χ1) is 8.63. The minimum absolute atomic E-state index is 0.0349. The summed E-state index contributed by atoms with van der Waals surface area (Å²) in [4.78, 5) is 23.1. The lowest BCUT2D eigenvalue weighted by Gasteiger charge is -2.22. The normalized spacial score (nSPS) is 21.1. The van der Waals surface area contributed by atoms with Gasteiger partial charge in [-0.15, -0.1) is 0 Å². The molecule has 1 saturated heterocycles. The maximum Gasteiger partial charge on any atom is 0.250 e. The molecule has 18 heavy (non-hydrogen) atoms. The highest BCUT2D eigenvalue weighted by Crippen LogP contribution is 1.96. The monoisotopic (exact) mass is 257 g/mol. The fourth-order valence-electron chi connectivity index (χ4n) is 1.60. The zero-order valence-corrected chi connectivity index (χ0v) is 11.1. The summed E-state index contributed by atoms with van der Waals surface area (Å²) in [5.74, 6) is -0.189. The highest BCUT2D eigenvalue weighted by molar-refractivity contribution is 5.82. The highest BCUT2D eigenvalue weighted by atomic mass is 16.5. The van der Waals surface area contributed by atoms with Crippen LogP contribution in [0.2, 0.25) is 0 Å². The maximum absolute atomic E-state index is 11.7. The Hall–Kier alpha value is -1.14. The number of amides is 2. The summed E-state index contributed by atoms with van der Waals surface area (Å²) in [5.41, 5.74) is 0. The third-order valence-corrected chi connectivity index (χ3v) is 2.89. The SMILES string of the molecule is CCC(C)NC(=O)CCNC(=O)C1CNCCO1. The van der Waals surface area contributed by atoms with Gasteiger partial charge in [-0.1, -0.05) is 6.92 Å². The molecular formula is C12H23N3O3. The molecule has 2 unspecified atom stereocenters. The predicted molar refractivity (Wildman–Crippen MR) is 68.1 cm³/mol. The van der Waals surface area contributed by atoms with Gasteiger partial charge in [0.15, 0.2) is 0 Å². The standard InChI is InChI=1S/C12H23N3O3/c1-3-9(2)15-11(16)4-5-14-12(17)10-8-13-6-7-18-10/h9-10,13H,3-8H2,1-2H3,(H,14,17)(H,15,16). The number of carbonyl (C=O) groups excluding carboxylic acids is 2. The summed E-state index contributed by atoms with van der Waals surface area (Å²) in [6, 6.07) is 0.180. The van der Waals surface area contributed by atoms with Crippen molar-refractivity contribution in [2.45, 2.75) is 38.8 Å². The molecular weight excluding hydrogens is 234 g/mol. The molecule has 0 radical (unpaired) electrons. The quantitative estimate of drug-likeness (QED) is 0.593. The molecule has 0 aromatic carbocycles. The van der Waals surface area contributed by atoms with Crippen molar-refractivity contribution in [3.05, 3.63) is 0 Å². The Morgan fingerprint density at radius 1 is 1.50 bits per heavy atom. The van der Waals surface area contributed by atoms with Crippen LogP contribution in [-0.4, -0.2) is 50.2 Å². The van der Waals surface area contributed by atoms with Gasteiger partial charge in [-0.25, -0.2) is 0 Å². The predicted octanol–water partition coefficient (Wildman–Crippen LogP) is -0.604. The topological polar surface area (TPSA) is 79.5 Å². The van der Waals surface area contributed by atoms with Gasteiger partial charge in [0.25, 0.3) is 0 Å². The molecule has 3 N–H and O–H groups in total. The Morgan fingerprint density at radius 3 is 2.89 bits per heavy atom. The maximum atomic E-state index is 11.7. The first-order valence-electron chi connectivity index (χ1n) is 6.53. The lowest BCUT2D eigenvalue weighted by molar-refractivity contribution is -0.134. The smallest absolute Gasteiger partial charge is 0.250 e. The number of nitrogens with one attached hydrogen (secondary N) is 3. The molecule has 1 aliphatic rings. The first kappa shape index (κ1) is 14.9. The molecule has 1 rings (SSSR count). The van der Waals surface area contributed by atoms with E-state index in [4.69, 9.17) is 4.74 Å². The average molecular weight is 257 g/mol. The number of carbonyl (C=O) groups is 2. The Bertz CT molecular complexity index is 278. The number of hydrogen-bond donors (Lipinski definition) is 3. The van der Waals surface area contributed by atoms with E-state index in [0.717, 1.165) is 13.0 Å². The van der Waals surface area contributed by atoms with Crippen LogP contribution in [0.25, 0.3) is 0 Å². The van der Waals surface area contributed by atoms with Crippen molar-refractivity contribution in [3.63, 3.8) is 0 Å². The van der Waals surface area contributed by atoms with E-state index >= 15 is 0 Å². The van der Waals surface area contributed by atoms with Crippen LogP contribution in [0.1, 0.15) is 26.7 Å². The molecule has 1 aliphatic heterocycles. The molecule has 0 spiro atoms. The van der Waals surface area contributed by atoms with Crippen LogP contribution in [0, 0.1) is 0 Å². The minimum Gasteiger partial charge on any atom is -0.366 e. The van der Waals surface area contributed by atoms with Gasteiger partial charge < -0.3 is 20.7 Å². The molecule has 2 amide bonds. The zero-order chi connectivity index (χ0) is 13.4. The van der Waals surface area contributed by atoms with Crippen molar-refractivity contribution in [1.29, 1.82) is 0 Å². The Morgan fingerprint density at radius 2 is 2.28 bits per heavy atom. The Labute approximate surface area is 108 Å². The summed E-state index contributed by atoms with van der Waals surface area (Å²) >= 11 is 0. The molecule has 2 atom stereocenters. The van der Waals surface area contributed by atoms with Gasteiger partial charge in [-0.3, -0.25) is 9.59 Å². The van der Waals surface area contributed by atoms with Gasteiger partial charge in [-0.05, 0) is 13.3 Å². The van der Waals surface area contributed by atoms with Crippen molar-refractivity contribution in [1.82, 2.24) is 16.0 Å². The molecule has 0 bridgehead atoms. The van der Waals surface area contributed by atoms with E-state index < -0.39 is 6.10 Å². The van der Waals surface area contributed by atoms with Gasteiger partial charge in [-0.2, -0.15) is 0 Å². The van der Waals surface area contributed by atoms with E-state index in [1.807, 2.05) is 13.8 Å². The summed E-state index contributed by atoms with van der Waals surface area (Å²) in [6.07, 6.45) is 0.770. The summed E-state index contributed by atoms with van der Waals surface area (Å²) in [5, 5.41) is 8.64. The van der Waals surface area contributed by atoms with E-state index in [9.17, 15) is 9.59 Å². The number of morpholine rings is 1. The molecule has 6 nitrogen and oxygen atoms in total. The number of hydrogen-bond acceptors (Lipinski definition) is 4. The van der Waals surface area contributed by atoms with Gasteiger partial charge >= 0.3 is 0 Å². The lowest BCUT2D eigenvalue weighted by Crippen LogP contribution is -2.48. The summed E-state index contributed by atoms with van der Waals surface area (Å²) in [7, 11) is 0. The van der Waals surface area contributed by atoms with Crippen LogP contribution in [0.5, 0.6) is 0 Å². The van der Waals surface area contributed by atoms with Crippen LogP contribution >= 0.6 is 0 Å². The average Bonchev–Trinajstić information content (AvgIpc) is 2.39. The lowest BCUT2D eigenvalue weighted by atomic mass is 10.2.